The highest BCUT2D eigenvalue weighted by atomic mass is 35.5. The van der Waals surface area contributed by atoms with Crippen LogP contribution in [-0.4, -0.2) is 49.2 Å². The second kappa shape index (κ2) is 10.4. The zero-order chi connectivity index (χ0) is 24.1. The van der Waals surface area contributed by atoms with Gasteiger partial charge >= 0.3 is 11.9 Å². The van der Waals surface area contributed by atoms with Gasteiger partial charge in [-0.25, -0.2) is 14.3 Å². The monoisotopic (exact) mass is 472 g/mol. The number of esters is 2. The van der Waals surface area contributed by atoms with Crippen LogP contribution in [0.15, 0.2) is 42.5 Å². The van der Waals surface area contributed by atoms with E-state index in [0.717, 1.165) is 6.42 Å². The topological polar surface area (TPSA) is 88.9 Å². The van der Waals surface area contributed by atoms with E-state index >= 15 is 0 Å². The third-order valence-corrected chi connectivity index (χ3v) is 5.33. The normalized spacial score (nSPS) is 11.6. The van der Waals surface area contributed by atoms with Crippen molar-refractivity contribution in [2.75, 3.05) is 21.3 Å². The minimum atomic E-state index is -0.748. The number of halogens is 1. The molecule has 1 aromatic heterocycles. The molecule has 2 aromatic carbocycles. The fourth-order valence-electron chi connectivity index (χ4n) is 3.21. The Hall–Kier alpha value is -3.52. The molecule has 0 radical (unpaired) electrons. The summed E-state index contributed by atoms with van der Waals surface area (Å²) in [6.07, 6.45) is 0.689. The molecule has 0 aliphatic rings. The molecule has 0 aliphatic heterocycles. The number of aromatic nitrogens is 2. The molecule has 0 amide bonds. The van der Waals surface area contributed by atoms with Crippen molar-refractivity contribution in [2.24, 2.45) is 0 Å². The number of hydrogen-bond donors (Lipinski definition) is 0. The Labute approximate surface area is 197 Å². The predicted molar refractivity (Wildman–Crippen MR) is 124 cm³/mol. The standard InChI is InChI=1S/C24H25ClN2O6/c1-6-14(2)33-22-17(25)12-15(13-18(22)30-3)20-19(23(28)31-4)21(24(29)32-5)27(26-20)16-10-8-7-9-11-16/h7-14H,6H2,1-5H3. The molecule has 0 N–H and O–H groups in total. The Morgan fingerprint density at radius 3 is 2.30 bits per heavy atom. The van der Waals surface area contributed by atoms with Crippen LogP contribution in [0.4, 0.5) is 0 Å². The van der Waals surface area contributed by atoms with Crippen molar-refractivity contribution >= 4 is 23.5 Å². The van der Waals surface area contributed by atoms with Crippen molar-refractivity contribution in [1.82, 2.24) is 9.78 Å². The molecule has 0 spiro atoms. The summed E-state index contributed by atoms with van der Waals surface area (Å²) in [5, 5.41) is 4.84. The minimum Gasteiger partial charge on any atom is -0.493 e. The van der Waals surface area contributed by atoms with E-state index in [4.69, 9.17) is 30.5 Å². The van der Waals surface area contributed by atoms with Crippen molar-refractivity contribution in [3.8, 4) is 28.4 Å². The first kappa shape index (κ1) is 24.1. The van der Waals surface area contributed by atoms with E-state index in [2.05, 4.69) is 5.10 Å². The highest BCUT2D eigenvalue weighted by Gasteiger charge is 2.32. The van der Waals surface area contributed by atoms with Gasteiger partial charge in [0.05, 0.1) is 38.1 Å². The minimum absolute atomic E-state index is 0.0538. The van der Waals surface area contributed by atoms with Crippen LogP contribution in [-0.2, 0) is 9.47 Å². The zero-order valence-corrected chi connectivity index (χ0v) is 19.8. The second-order valence-electron chi connectivity index (χ2n) is 7.13. The average Bonchev–Trinajstić information content (AvgIpc) is 3.25. The number of benzene rings is 2. The molecule has 3 aromatic rings. The molecule has 0 fully saturated rings. The molecule has 1 heterocycles. The molecule has 1 unspecified atom stereocenters. The fraction of sp³-hybridized carbons (Fsp3) is 0.292. The highest BCUT2D eigenvalue weighted by Crippen LogP contribution is 2.41. The first-order valence-electron chi connectivity index (χ1n) is 10.3. The van der Waals surface area contributed by atoms with Gasteiger partial charge in [0.2, 0.25) is 0 Å². The lowest BCUT2D eigenvalue weighted by Gasteiger charge is -2.17. The summed E-state index contributed by atoms with van der Waals surface area (Å²) in [5.41, 5.74) is 1.06. The Bertz CT molecular complexity index is 1160. The van der Waals surface area contributed by atoms with Gasteiger partial charge in [0.1, 0.15) is 11.3 Å². The summed E-state index contributed by atoms with van der Waals surface area (Å²) >= 11 is 6.54. The van der Waals surface area contributed by atoms with E-state index in [-0.39, 0.29) is 28.1 Å². The first-order valence-corrected chi connectivity index (χ1v) is 10.6. The first-order chi connectivity index (χ1) is 15.9. The Kier molecular flexibility index (Phi) is 7.60. The number of hydrogen-bond acceptors (Lipinski definition) is 7. The van der Waals surface area contributed by atoms with Crippen LogP contribution in [0.3, 0.4) is 0 Å². The largest absolute Gasteiger partial charge is 0.493 e. The smallest absolute Gasteiger partial charge is 0.357 e. The third kappa shape index (κ3) is 4.80. The van der Waals surface area contributed by atoms with Gasteiger partial charge in [0.25, 0.3) is 0 Å². The summed E-state index contributed by atoms with van der Waals surface area (Å²) in [5.74, 6) is -0.745. The number of ether oxygens (including phenoxy) is 4. The molecular formula is C24H25ClN2O6. The predicted octanol–water partition coefficient (Wildman–Crippen LogP) is 4.95. The van der Waals surface area contributed by atoms with Crippen molar-refractivity contribution in [3.05, 3.63) is 58.7 Å². The van der Waals surface area contributed by atoms with E-state index in [9.17, 15) is 9.59 Å². The lowest BCUT2D eigenvalue weighted by Crippen LogP contribution is -2.15. The molecule has 0 saturated carbocycles. The van der Waals surface area contributed by atoms with Gasteiger partial charge in [-0.3, -0.25) is 0 Å². The Morgan fingerprint density at radius 1 is 1.06 bits per heavy atom. The maximum Gasteiger partial charge on any atom is 0.357 e. The second-order valence-corrected chi connectivity index (χ2v) is 7.54. The lowest BCUT2D eigenvalue weighted by molar-refractivity contribution is 0.0549. The Balaban J connectivity index is 2.31. The van der Waals surface area contributed by atoms with Crippen LogP contribution < -0.4 is 9.47 Å². The highest BCUT2D eigenvalue weighted by molar-refractivity contribution is 6.32. The SMILES string of the molecule is CCC(C)Oc1c(Cl)cc(-c2nn(-c3ccccc3)c(C(=O)OC)c2C(=O)OC)cc1OC. The van der Waals surface area contributed by atoms with E-state index in [1.54, 1.807) is 36.4 Å². The van der Waals surface area contributed by atoms with Gasteiger partial charge in [0, 0.05) is 5.56 Å². The van der Waals surface area contributed by atoms with Crippen LogP contribution in [0.25, 0.3) is 16.9 Å². The number of carbonyl (C=O) groups excluding carboxylic acids is 2. The quantitative estimate of drug-likeness (QED) is 0.428. The summed E-state index contributed by atoms with van der Waals surface area (Å²) < 4.78 is 22.7. The van der Waals surface area contributed by atoms with E-state index in [1.165, 1.54) is 26.0 Å². The summed E-state index contributed by atoms with van der Waals surface area (Å²) in [6.45, 7) is 3.91. The van der Waals surface area contributed by atoms with Crippen molar-refractivity contribution in [2.45, 2.75) is 26.4 Å². The molecule has 0 saturated heterocycles. The van der Waals surface area contributed by atoms with Gasteiger partial charge in [-0.1, -0.05) is 36.7 Å². The summed E-state index contributed by atoms with van der Waals surface area (Å²) in [7, 11) is 3.94. The summed E-state index contributed by atoms with van der Waals surface area (Å²) in [6, 6.07) is 12.2. The van der Waals surface area contributed by atoms with Crippen molar-refractivity contribution < 1.29 is 28.5 Å². The van der Waals surface area contributed by atoms with Crippen LogP contribution in [0.2, 0.25) is 5.02 Å². The molecule has 1 atom stereocenters. The van der Waals surface area contributed by atoms with Gasteiger partial charge < -0.3 is 18.9 Å². The molecule has 0 aliphatic carbocycles. The van der Waals surface area contributed by atoms with Crippen LogP contribution in [0.5, 0.6) is 11.5 Å². The maximum atomic E-state index is 12.8. The number of rotatable bonds is 8. The fourth-order valence-corrected chi connectivity index (χ4v) is 3.47. The number of para-hydroxylation sites is 1. The van der Waals surface area contributed by atoms with Gasteiger partial charge in [-0.15, -0.1) is 0 Å². The lowest BCUT2D eigenvalue weighted by atomic mass is 10.0. The molecule has 174 valence electrons. The molecule has 3 rings (SSSR count). The van der Waals surface area contributed by atoms with E-state index in [0.29, 0.717) is 22.7 Å². The van der Waals surface area contributed by atoms with E-state index in [1.807, 2.05) is 19.9 Å². The molecule has 8 nitrogen and oxygen atoms in total. The maximum absolute atomic E-state index is 12.8. The van der Waals surface area contributed by atoms with Crippen LogP contribution in [0, 0.1) is 0 Å². The third-order valence-electron chi connectivity index (χ3n) is 5.05. The van der Waals surface area contributed by atoms with Gasteiger partial charge in [-0.05, 0) is 37.6 Å². The number of nitrogens with zero attached hydrogens (tertiary/aromatic N) is 2. The van der Waals surface area contributed by atoms with E-state index < -0.39 is 11.9 Å². The van der Waals surface area contributed by atoms with Crippen LogP contribution in [0.1, 0.15) is 41.1 Å². The van der Waals surface area contributed by atoms with Crippen LogP contribution >= 0.6 is 11.6 Å². The number of carbonyl (C=O) groups is 2. The number of methoxy groups -OCH3 is 3. The van der Waals surface area contributed by atoms with Gasteiger partial charge in [0.15, 0.2) is 17.2 Å². The molecule has 9 heteroatoms. The molecule has 33 heavy (non-hydrogen) atoms. The Morgan fingerprint density at radius 2 is 1.73 bits per heavy atom. The van der Waals surface area contributed by atoms with Crippen molar-refractivity contribution in [3.63, 3.8) is 0 Å². The van der Waals surface area contributed by atoms with Gasteiger partial charge in [-0.2, -0.15) is 5.10 Å². The average molecular weight is 473 g/mol. The molecular weight excluding hydrogens is 448 g/mol. The zero-order valence-electron chi connectivity index (χ0n) is 19.0. The summed E-state index contributed by atoms with van der Waals surface area (Å²) in [4.78, 5) is 25.5. The molecule has 0 bridgehead atoms. The van der Waals surface area contributed by atoms with Crippen molar-refractivity contribution in [1.29, 1.82) is 0 Å².